The molecule has 0 aromatic rings. The van der Waals surface area contributed by atoms with Crippen molar-refractivity contribution >= 4 is 29.3 Å². The van der Waals surface area contributed by atoms with Crippen LogP contribution < -0.4 is 0 Å². The summed E-state index contributed by atoms with van der Waals surface area (Å²) in [6, 6.07) is 0. The Morgan fingerprint density at radius 1 is 1.03 bits per heavy atom. The van der Waals surface area contributed by atoms with Gasteiger partial charge < -0.3 is 14.6 Å². The molecule has 0 unspecified atom stereocenters. The second-order valence-electron chi connectivity index (χ2n) is 10.7. The molecular formula is C24H30O8. The van der Waals surface area contributed by atoms with E-state index in [0.29, 0.717) is 6.42 Å². The summed E-state index contributed by atoms with van der Waals surface area (Å²) < 4.78 is 11.0. The molecule has 4 aliphatic carbocycles. The summed E-state index contributed by atoms with van der Waals surface area (Å²) in [5, 5.41) is 11.4. The number of carbonyl (C=O) groups excluding carboxylic acids is 5. The Labute approximate surface area is 186 Å². The third kappa shape index (κ3) is 2.74. The Morgan fingerprint density at radius 2 is 1.59 bits per heavy atom. The number of fused-ring (bicyclic) bond motifs is 2. The van der Waals surface area contributed by atoms with E-state index in [1.54, 1.807) is 27.7 Å². The minimum atomic E-state index is -1.54. The van der Waals surface area contributed by atoms with Gasteiger partial charge in [-0.05, 0) is 18.8 Å². The van der Waals surface area contributed by atoms with Crippen molar-refractivity contribution in [2.75, 3.05) is 0 Å². The van der Waals surface area contributed by atoms with Gasteiger partial charge in [0.15, 0.2) is 11.9 Å². The molecule has 1 N–H and O–H groups in total. The van der Waals surface area contributed by atoms with Crippen molar-refractivity contribution in [1.82, 2.24) is 0 Å². The molecule has 0 aromatic carbocycles. The van der Waals surface area contributed by atoms with Gasteiger partial charge in [-0.1, -0.05) is 27.7 Å². The van der Waals surface area contributed by atoms with Crippen LogP contribution in [0, 0.1) is 28.1 Å². The van der Waals surface area contributed by atoms with E-state index in [1.165, 1.54) is 13.8 Å². The first-order valence-electron chi connectivity index (χ1n) is 11.1. The van der Waals surface area contributed by atoms with Crippen LogP contribution in [0.2, 0.25) is 0 Å². The van der Waals surface area contributed by atoms with E-state index in [0.717, 1.165) is 0 Å². The lowest BCUT2D eigenvalue weighted by atomic mass is 9.46. The van der Waals surface area contributed by atoms with E-state index in [2.05, 4.69) is 0 Å². The van der Waals surface area contributed by atoms with Gasteiger partial charge >= 0.3 is 11.9 Å². The van der Waals surface area contributed by atoms with E-state index in [1.807, 2.05) is 0 Å². The van der Waals surface area contributed by atoms with Gasteiger partial charge in [0, 0.05) is 48.2 Å². The first kappa shape index (κ1) is 22.8. The fourth-order valence-corrected chi connectivity index (χ4v) is 6.85. The van der Waals surface area contributed by atoms with Crippen molar-refractivity contribution < 1.29 is 38.6 Å². The Kier molecular flexibility index (Phi) is 4.87. The number of ketones is 3. The van der Waals surface area contributed by atoms with E-state index in [-0.39, 0.29) is 35.7 Å². The zero-order valence-corrected chi connectivity index (χ0v) is 19.3. The normalized spacial score (nSPS) is 42.3. The van der Waals surface area contributed by atoms with Crippen molar-refractivity contribution in [2.24, 2.45) is 28.1 Å². The van der Waals surface area contributed by atoms with Crippen LogP contribution in [-0.4, -0.2) is 52.7 Å². The number of rotatable bonds is 2. The highest BCUT2D eigenvalue weighted by atomic mass is 16.6. The van der Waals surface area contributed by atoms with Gasteiger partial charge in [-0.15, -0.1) is 0 Å². The number of hydrogen-bond acceptors (Lipinski definition) is 8. The zero-order chi connectivity index (χ0) is 24.0. The van der Waals surface area contributed by atoms with E-state index in [4.69, 9.17) is 9.47 Å². The first-order valence-corrected chi connectivity index (χ1v) is 11.1. The number of Topliss-reactive ketones (excluding diaryl/α,β-unsaturated/α-hetero) is 3. The summed E-state index contributed by atoms with van der Waals surface area (Å²) in [4.78, 5) is 64.3. The maximum atomic E-state index is 13.9. The molecule has 0 aliphatic heterocycles. The molecule has 174 valence electrons. The van der Waals surface area contributed by atoms with Crippen molar-refractivity contribution in [3.05, 3.63) is 11.1 Å². The highest BCUT2D eigenvalue weighted by Crippen LogP contribution is 2.66. The molecule has 7 atom stereocenters. The predicted molar refractivity (Wildman–Crippen MR) is 110 cm³/mol. The number of aliphatic hydroxyl groups excluding tert-OH is 1. The maximum absolute atomic E-state index is 13.9. The van der Waals surface area contributed by atoms with E-state index in [9.17, 15) is 29.1 Å². The number of hydrogen-bond donors (Lipinski definition) is 1. The second-order valence-corrected chi connectivity index (χ2v) is 10.7. The van der Waals surface area contributed by atoms with Gasteiger partial charge in [-0.3, -0.25) is 24.0 Å². The highest BCUT2D eigenvalue weighted by Gasteiger charge is 2.74. The quantitative estimate of drug-likeness (QED) is 0.636. The summed E-state index contributed by atoms with van der Waals surface area (Å²) in [6.07, 6.45) is -3.14. The zero-order valence-electron chi connectivity index (χ0n) is 19.3. The molecule has 8 nitrogen and oxygen atoms in total. The molecule has 0 bridgehead atoms. The lowest BCUT2D eigenvalue weighted by molar-refractivity contribution is -0.182. The molecule has 8 heteroatoms. The van der Waals surface area contributed by atoms with Crippen LogP contribution in [0.15, 0.2) is 11.1 Å². The van der Waals surface area contributed by atoms with Crippen LogP contribution in [0.4, 0.5) is 0 Å². The molecule has 2 saturated carbocycles. The Morgan fingerprint density at radius 3 is 2.09 bits per heavy atom. The molecule has 4 aliphatic rings. The average molecular weight is 446 g/mol. The number of aliphatic hydroxyl groups is 1. The smallest absolute Gasteiger partial charge is 0.303 e. The topological polar surface area (TPSA) is 124 Å². The summed E-state index contributed by atoms with van der Waals surface area (Å²) in [7, 11) is 0. The Hall–Kier alpha value is -2.35. The van der Waals surface area contributed by atoms with Gasteiger partial charge in [-0.25, -0.2) is 0 Å². The summed E-state index contributed by atoms with van der Waals surface area (Å²) in [5.74, 6) is -3.21. The fourth-order valence-electron chi connectivity index (χ4n) is 6.85. The third-order valence-corrected chi connectivity index (χ3v) is 8.40. The highest BCUT2D eigenvalue weighted by molar-refractivity contribution is 6.20. The molecule has 0 radical (unpaired) electrons. The van der Waals surface area contributed by atoms with Gasteiger partial charge in [0.05, 0.1) is 5.41 Å². The Balaban J connectivity index is 1.98. The van der Waals surface area contributed by atoms with Crippen LogP contribution in [-0.2, 0) is 33.4 Å². The first-order chi connectivity index (χ1) is 14.7. The number of ether oxygens (including phenoxy) is 2. The molecule has 2 fully saturated rings. The Bertz CT molecular complexity index is 990. The summed E-state index contributed by atoms with van der Waals surface area (Å²) in [6.45, 7) is 9.43. The van der Waals surface area contributed by atoms with Gasteiger partial charge in [0.25, 0.3) is 0 Å². The molecule has 0 aromatic heterocycles. The van der Waals surface area contributed by atoms with Crippen LogP contribution in [0.3, 0.4) is 0 Å². The van der Waals surface area contributed by atoms with Crippen molar-refractivity contribution in [3.8, 4) is 0 Å². The standard InChI is InChI=1S/C24H30O8/c1-10-9-24(10)20(30)14-15(17(29)21(24)32-12(3)26)23(6)8-7-13(27)22(4,5)19(23)18(16(14)28)31-11(2)25/h10,16,18-19,21,28H,7-9H2,1-6H3/t10-,16-,18+,19-,21-,23+,24+/m0/s1. The van der Waals surface area contributed by atoms with Gasteiger partial charge in [0.2, 0.25) is 5.78 Å². The van der Waals surface area contributed by atoms with Crippen LogP contribution in [0.25, 0.3) is 0 Å². The summed E-state index contributed by atoms with van der Waals surface area (Å²) in [5.41, 5.74) is -3.16. The number of esters is 2. The van der Waals surface area contributed by atoms with E-state index >= 15 is 0 Å². The monoisotopic (exact) mass is 446 g/mol. The lowest BCUT2D eigenvalue weighted by Crippen LogP contribution is -2.65. The SMILES string of the molecule is CC(=O)O[C@@H]1[C@@H](O)C2=C(C(=O)[C@H](OC(C)=O)[C@@]3(C[C@@H]3C)C2=O)[C@@]2(C)CCC(=O)C(C)(C)[C@H]12. The summed E-state index contributed by atoms with van der Waals surface area (Å²) >= 11 is 0. The third-order valence-electron chi connectivity index (χ3n) is 8.40. The largest absolute Gasteiger partial charge is 0.459 e. The molecule has 4 rings (SSSR count). The average Bonchev–Trinajstić information content (AvgIpc) is 3.34. The van der Waals surface area contributed by atoms with Gasteiger partial charge in [-0.2, -0.15) is 0 Å². The predicted octanol–water partition coefficient (Wildman–Crippen LogP) is 1.71. The molecular weight excluding hydrogens is 416 g/mol. The van der Waals surface area contributed by atoms with Crippen molar-refractivity contribution in [2.45, 2.75) is 79.1 Å². The van der Waals surface area contributed by atoms with Crippen LogP contribution >= 0.6 is 0 Å². The minimum Gasteiger partial charge on any atom is -0.459 e. The van der Waals surface area contributed by atoms with E-state index < -0.39 is 64.0 Å². The van der Waals surface area contributed by atoms with Crippen molar-refractivity contribution in [1.29, 1.82) is 0 Å². The number of carbonyl (C=O) groups is 5. The van der Waals surface area contributed by atoms with Crippen LogP contribution in [0.1, 0.15) is 60.8 Å². The maximum Gasteiger partial charge on any atom is 0.303 e. The fraction of sp³-hybridized carbons (Fsp3) is 0.708. The second kappa shape index (κ2) is 6.83. The molecule has 1 spiro atoms. The molecule has 0 heterocycles. The molecule has 0 saturated heterocycles. The van der Waals surface area contributed by atoms with Crippen molar-refractivity contribution in [3.63, 3.8) is 0 Å². The molecule has 32 heavy (non-hydrogen) atoms. The lowest BCUT2D eigenvalue weighted by Gasteiger charge is -2.58. The van der Waals surface area contributed by atoms with Crippen LogP contribution in [0.5, 0.6) is 0 Å². The minimum absolute atomic E-state index is 0.0436. The molecule has 0 amide bonds. The van der Waals surface area contributed by atoms with Gasteiger partial charge in [0.1, 0.15) is 18.0 Å².